The van der Waals surface area contributed by atoms with E-state index in [9.17, 15) is 4.79 Å². The zero-order valence-corrected chi connectivity index (χ0v) is 10.2. The summed E-state index contributed by atoms with van der Waals surface area (Å²) in [6.45, 7) is 0. The smallest absolute Gasteiger partial charge is 0.322 e. The van der Waals surface area contributed by atoms with Crippen molar-refractivity contribution in [1.29, 1.82) is 0 Å². The zero-order valence-electron chi connectivity index (χ0n) is 9.38. The Morgan fingerprint density at radius 3 is 2.82 bits per heavy atom. The molecular formula is C12H14N2O2S. The first kappa shape index (κ1) is 12.0. The van der Waals surface area contributed by atoms with E-state index >= 15 is 0 Å². The molecule has 1 aromatic heterocycles. The zero-order chi connectivity index (χ0) is 12.4. The van der Waals surface area contributed by atoms with Gasteiger partial charge in [-0.3, -0.25) is 4.79 Å². The highest BCUT2D eigenvalue weighted by atomic mass is 32.1. The van der Waals surface area contributed by atoms with Gasteiger partial charge in [0, 0.05) is 4.70 Å². The molecule has 0 aliphatic heterocycles. The Hall–Kier alpha value is -1.43. The monoisotopic (exact) mass is 250 g/mol. The quantitative estimate of drug-likeness (QED) is 0.770. The molecule has 4 nitrogen and oxygen atoms in total. The molecule has 0 fully saturated rings. The highest BCUT2D eigenvalue weighted by Crippen LogP contribution is 2.30. The summed E-state index contributed by atoms with van der Waals surface area (Å²) in [6, 6.07) is 6.55. The number of likely N-dealkylation sites (N-methyl/N-ethyl adjacent to an activating group) is 1. The number of hydrogen-bond donors (Lipinski definition) is 3. The number of benzene rings is 1. The molecule has 0 spiro atoms. The van der Waals surface area contributed by atoms with Crippen LogP contribution in [0, 0.1) is 0 Å². The first-order valence-corrected chi connectivity index (χ1v) is 6.15. The number of fused-ring (bicyclic) bond motifs is 1. The maximum Gasteiger partial charge on any atom is 0.322 e. The van der Waals surface area contributed by atoms with E-state index < -0.39 is 18.1 Å². The van der Waals surface area contributed by atoms with Gasteiger partial charge in [0.15, 0.2) is 0 Å². The first-order chi connectivity index (χ1) is 8.15. The molecule has 1 heterocycles. The van der Waals surface area contributed by atoms with Crippen molar-refractivity contribution >= 4 is 27.4 Å². The topological polar surface area (TPSA) is 75.3 Å². The Labute approximate surface area is 103 Å². The van der Waals surface area contributed by atoms with E-state index in [2.05, 4.69) is 5.32 Å². The van der Waals surface area contributed by atoms with E-state index in [1.807, 2.05) is 29.6 Å². The molecule has 0 radical (unpaired) electrons. The maximum atomic E-state index is 11.1. The van der Waals surface area contributed by atoms with E-state index in [0.29, 0.717) is 0 Å². The van der Waals surface area contributed by atoms with Gasteiger partial charge < -0.3 is 16.2 Å². The summed E-state index contributed by atoms with van der Waals surface area (Å²) in [5.41, 5.74) is 6.91. The maximum absolute atomic E-state index is 11.1. The van der Waals surface area contributed by atoms with Crippen molar-refractivity contribution < 1.29 is 9.90 Å². The lowest BCUT2D eigenvalue weighted by molar-refractivity contribution is -0.139. The van der Waals surface area contributed by atoms with E-state index in [4.69, 9.17) is 10.8 Å². The Bertz CT molecular complexity index is 538. The van der Waals surface area contributed by atoms with Gasteiger partial charge in [0.1, 0.15) is 6.04 Å². The number of carbonyl (C=O) groups is 1. The van der Waals surface area contributed by atoms with Gasteiger partial charge in [0.2, 0.25) is 0 Å². The number of nitrogens with one attached hydrogen (secondary N) is 1. The van der Waals surface area contributed by atoms with Crippen molar-refractivity contribution in [2.24, 2.45) is 5.73 Å². The lowest BCUT2D eigenvalue weighted by Crippen LogP contribution is -2.43. The highest BCUT2D eigenvalue weighted by molar-refractivity contribution is 7.17. The summed E-state index contributed by atoms with van der Waals surface area (Å²) in [7, 11) is 1.60. The summed E-state index contributed by atoms with van der Waals surface area (Å²) in [6.07, 6.45) is 0. The van der Waals surface area contributed by atoms with Gasteiger partial charge in [-0.2, -0.15) is 0 Å². The van der Waals surface area contributed by atoms with E-state index in [1.54, 1.807) is 18.4 Å². The fourth-order valence-corrected chi connectivity index (χ4v) is 2.90. The Balaban J connectivity index is 2.42. The fraction of sp³-hybridized carbons (Fsp3) is 0.250. The number of rotatable bonds is 4. The number of carboxylic acids is 1. The van der Waals surface area contributed by atoms with Crippen LogP contribution in [0.15, 0.2) is 29.6 Å². The first-order valence-electron chi connectivity index (χ1n) is 5.27. The van der Waals surface area contributed by atoms with Gasteiger partial charge in [0.25, 0.3) is 0 Å². The van der Waals surface area contributed by atoms with Gasteiger partial charge in [-0.1, -0.05) is 18.2 Å². The lowest BCUT2D eigenvalue weighted by Gasteiger charge is -2.19. The van der Waals surface area contributed by atoms with E-state index in [0.717, 1.165) is 15.6 Å². The Morgan fingerprint density at radius 2 is 2.18 bits per heavy atom. The van der Waals surface area contributed by atoms with Crippen LogP contribution in [0.25, 0.3) is 10.1 Å². The number of thiophene rings is 1. The van der Waals surface area contributed by atoms with Crippen LogP contribution in [0.2, 0.25) is 0 Å². The third kappa shape index (κ3) is 2.17. The molecule has 17 heavy (non-hydrogen) atoms. The second-order valence-electron chi connectivity index (χ2n) is 3.82. The molecule has 1 aromatic carbocycles. The summed E-state index contributed by atoms with van der Waals surface area (Å²) in [5, 5.41) is 14.8. The predicted octanol–water partition coefficient (Wildman–Crippen LogP) is 1.57. The van der Waals surface area contributed by atoms with Crippen LogP contribution >= 0.6 is 11.3 Å². The van der Waals surface area contributed by atoms with Crippen LogP contribution in [0.4, 0.5) is 0 Å². The summed E-state index contributed by atoms with van der Waals surface area (Å²) >= 11 is 1.58. The van der Waals surface area contributed by atoms with Crippen molar-refractivity contribution in [3.05, 3.63) is 35.2 Å². The number of hydrogen-bond acceptors (Lipinski definition) is 4. The molecule has 2 rings (SSSR count). The molecule has 4 N–H and O–H groups in total. The SMILES string of the molecule is CNC(C(=O)O)C(N)c1csc2ccccc12. The molecule has 0 saturated carbocycles. The molecule has 90 valence electrons. The summed E-state index contributed by atoms with van der Waals surface area (Å²) < 4.78 is 1.12. The molecule has 5 heteroatoms. The minimum Gasteiger partial charge on any atom is -0.480 e. The number of nitrogens with two attached hydrogens (primary N) is 1. The van der Waals surface area contributed by atoms with Crippen LogP contribution in [-0.4, -0.2) is 24.2 Å². The van der Waals surface area contributed by atoms with Crippen molar-refractivity contribution in [3.63, 3.8) is 0 Å². The average molecular weight is 250 g/mol. The van der Waals surface area contributed by atoms with Crippen LogP contribution in [0.3, 0.4) is 0 Å². The van der Waals surface area contributed by atoms with Gasteiger partial charge >= 0.3 is 5.97 Å². The van der Waals surface area contributed by atoms with Crippen LogP contribution < -0.4 is 11.1 Å². The predicted molar refractivity (Wildman–Crippen MR) is 69.2 cm³/mol. The van der Waals surface area contributed by atoms with E-state index in [-0.39, 0.29) is 0 Å². The third-order valence-corrected chi connectivity index (χ3v) is 3.79. The van der Waals surface area contributed by atoms with Crippen molar-refractivity contribution in [3.8, 4) is 0 Å². The van der Waals surface area contributed by atoms with Gasteiger partial charge in [-0.25, -0.2) is 0 Å². The molecule has 0 bridgehead atoms. The molecule has 0 saturated heterocycles. The van der Waals surface area contributed by atoms with Crippen LogP contribution in [-0.2, 0) is 4.79 Å². The van der Waals surface area contributed by atoms with E-state index in [1.165, 1.54) is 0 Å². The second kappa shape index (κ2) is 4.83. The lowest BCUT2D eigenvalue weighted by atomic mass is 10.00. The largest absolute Gasteiger partial charge is 0.480 e. The Morgan fingerprint density at radius 1 is 1.47 bits per heavy atom. The summed E-state index contributed by atoms with van der Waals surface area (Å²) in [4.78, 5) is 11.1. The highest BCUT2D eigenvalue weighted by Gasteiger charge is 2.26. The van der Waals surface area contributed by atoms with Crippen molar-refractivity contribution in [2.45, 2.75) is 12.1 Å². The average Bonchev–Trinajstić information content (AvgIpc) is 2.72. The minimum atomic E-state index is -0.935. The van der Waals surface area contributed by atoms with Gasteiger partial charge in [-0.05, 0) is 29.4 Å². The second-order valence-corrected chi connectivity index (χ2v) is 4.73. The van der Waals surface area contributed by atoms with Crippen molar-refractivity contribution in [1.82, 2.24) is 5.32 Å². The van der Waals surface area contributed by atoms with Gasteiger partial charge in [0.05, 0.1) is 6.04 Å². The minimum absolute atomic E-state index is 0.548. The Kier molecular flexibility index (Phi) is 3.42. The van der Waals surface area contributed by atoms with Crippen LogP contribution in [0.5, 0.6) is 0 Å². The molecular weight excluding hydrogens is 236 g/mol. The standard InChI is InChI=1S/C12H14N2O2S/c1-14-11(12(15)16)10(13)8-6-17-9-5-3-2-4-7(8)9/h2-6,10-11,14H,13H2,1H3,(H,15,16). The number of carboxylic acid groups (broad SMARTS) is 1. The molecule has 0 aliphatic carbocycles. The molecule has 0 amide bonds. The molecule has 2 unspecified atom stereocenters. The third-order valence-electron chi connectivity index (χ3n) is 2.81. The molecule has 2 aromatic rings. The van der Waals surface area contributed by atoms with Crippen LogP contribution in [0.1, 0.15) is 11.6 Å². The normalized spacial score (nSPS) is 14.7. The molecule has 0 aliphatic rings. The van der Waals surface area contributed by atoms with Crippen molar-refractivity contribution in [2.75, 3.05) is 7.05 Å². The van der Waals surface area contributed by atoms with Gasteiger partial charge in [-0.15, -0.1) is 11.3 Å². The molecule has 2 atom stereocenters. The fourth-order valence-electron chi connectivity index (χ4n) is 1.89. The number of aliphatic carboxylic acids is 1. The summed E-state index contributed by atoms with van der Waals surface area (Å²) in [5.74, 6) is -0.935.